The Kier molecular flexibility index (Phi) is 2.85. The van der Waals surface area contributed by atoms with E-state index in [0.29, 0.717) is 12.1 Å². The largest absolute Gasteiger partial charge is 0.349 e. The number of pyridine rings is 1. The van der Waals surface area contributed by atoms with Crippen LogP contribution in [0.4, 0.5) is 5.82 Å². The number of anilines is 1. The fourth-order valence-electron chi connectivity index (χ4n) is 3.36. The van der Waals surface area contributed by atoms with Crippen molar-refractivity contribution in [2.24, 2.45) is 0 Å². The van der Waals surface area contributed by atoms with Gasteiger partial charge in [0.15, 0.2) is 0 Å². The minimum Gasteiger partial charge on any atom is -0.349 e. The van der Waals surface area contributed by atoms with Gasteiger partial charge in [0.05, 0.1) is 11.9 Å². The van der Waals surface area contributed by atoms with Gasteiger partial charge in [0, 0.05) is 50.3 Å². The normalized spacial score (nSPS) is 25.3. The van der Waals surface area contributed by atoms with Crippen LogP contribution in [0.25, 0.3) is 0 Å². The SMILES string of the molecule is c1ccc(CN2CC3CC2CN3c2cnccn2)nc1. The molecule has 5 heteroatoms. The first-order valence-electron chi connectivity index (χ1n) is 7.07. The molecule has 20 heavy (non-hydrogen) atoms. The van der Waals surface area contributed by atoms with Crippen molar-refractivity contribution in [1.82, 2.24) is 19.9 Å². The van der Waals surface area contributed by atoms with E-state index < -0.39 is 0 Å². The molecule has 0 saturated carbocycles. The second-order valence-electron chi connectivity index (χ2n) is 5.51. The Morgan fingerprint density at radius 1 is 1.05 bits per heavy atom. The maximum absolute atomic E-state index is 4.43. The molecule has 0 radical (unpaired) electrons. The third-order valence-corrected chi connectivity index (χ3v) is 4.29. The van der Waals surface area contributed by atoms with E-state index in [1.807, 2.05) is 18.5 Å². The van der Waals surface area contributed by atoms with Crippen LogP contribution >= 0.6 is 0 Å². The predicted octanol–water partition coefficient (Wildman–Crippen LogP) is 1.33. The number of piperazine rings is 1. The Balaban J connectivity index is 1.45. The van der Waals surface area contributed by atoms with Crippen molar-refractivity contribution in [2.75, 3.05) is 18.0 Å². The fraction of sp³-hybridized carbons (Fsp3) is 0.400. The monoisotopic (exact) mass is 267 g/mol. The smallest absolute Gasteiger partial charge is 0.147 e. The van der Waals surface area contributed by atoms with Gasteiger partial charge < -0.3 is 4.90 Å². The van der Waals surface area contributed by atoms with Gasteiger partial charge in [0.1, 0.15) is 5.82 Å². The average molecular weight is 267 g/mol. The molecule has 2 fully saturated rings. The molecule has 102 valence electrons. The average Bonchev–Trinajstić information content (AvgIpc) is 3.09. The number of fused-ring (bicyclic) bond motifs is 2. The van der Waals surface area contributed by atoms with Gasteiger partial charge in [0.2, 0.25) is 0 Å². The first-order chi connectivity index (χ1) is 9.90. The van der Waals surface area contributed by atoms with Crippen LogP contribution in [0.15, 0.2) is 43.0 Å². The fourth-order valence-corrected chi connectivity index (χ4v) is 3.36. The Hall–Kier alpha value is -2.01. The van der Waals surface area contributed by atoms with Gasteiger partial charge in [-0.05, 0) is 18.6 Å². The van der Waals surface area contributed by atoms with E-state index in [4.69, 9.17) is 0 Å². The van der Waals surface area contributed by atoms with Gasteiger partial charge in [-0.3, -0.25) is 14.9 Å². The lowest BCUT2D eigenvalue weighted by atomic mass is 10.2. The number of likely N-dealkylation sites (tertiary alicyclic amines) is 1. The molecule has 0 amide bonds. The van der Waals surface area contributed by atoms with E-state index in [1.165, 1.54) is 6.42 Å². The molecule has 5 nitrogen and oxygen atoms in total. The van der Waals surface area contributed by atoms with Crippen LogP contribution in [0.2, 0.25) is 0 Å². The van der Waals surface area contributed by atoms with Crippen LogP contribution in [0.3, 0.4) is 0 Å². The predicted molar refractivity (Wildman–Crippen MR) is 76.2 cm³/mol. The number of hydrogen-bond donors (Lipinski definition) is 0. The van der Waals surface area contributed by atoms with Crippen molar-refractivity contribution in [3.8, 4) is 0 Å². The Bertz CT molecular complexity index is 573. The zero-order valence-electron chi connectivity index (χ0n) is 11.3. The third-order valence-electron chi connectivity index (χ3n) is 4.29. The lowest BCUT2D eigenvalue weighted by Crippen LogP contribution is -2.46. The molecule has 2 unspecified atom stereocenters. The highest BCUT2D eigenvalue weighted by Gasteiger charge is 2.43. The summed E-state index contributed by atoms with van der Waals surface area (Å²) in [6, 6.07) is 7.31. The van der Waals surface area contributed by atoms with E-state index in [0.717, 1.165) is 31.1 Å². The van der Waals surface area contributed by atoms with Crippen LogP contribution in [-0.4, -0.2) is 45.0 Å². The number of rotatable bonds is 3. The highest BCUT2D eigenvalue weighted by atomic mass is 15.4. The zero-order chi connectivity index (χ0) is 13.4. The summed E-state index contributed by atoms with van der Waals surface area (Å²) in [6.45, 7) is 3.10. The van der Waals surface area contributed by atoms with Gasteiger partial charge in [0.25, 0.3) is 0 Å². The number of nitrogens with zero attached hydrogens (tertiary/aromatic N) is 5. The van der Waals surface area contributed by atoms with Crippen LogP contribution < -0.4 is 4.90 Å². The van der Waals surface area contributed by atoms with E-state index in [-0.39, 0.29) is 0 Å². The molecular weight excluding hydrogens is 250 g/mol. The standard InChI is InChI=1S/C15H17N5/c1-2-4-17-12(3-1)9-19-10-14-7-13(19)11-20(14)15-8-16-5-6-18-15/h1-6,8,13-14H,7,9-11H2. The highest BCUT2D eigenvalue weighted by Crippen LogP contribution is 2.33. The summed E-state index contributed by atoms with van der Waals surface area (Å²) in [4.78, 5) is 18.0. The van der Waals surface area contributed by atoms with Crippen LogP contribution in [0, 0.1) is 0 Å². The highest BCUT2D eigenvalue weighted by molar-refractivity contribution is 5.41. The molecule has 2 aromatic heterocycles. The van der Waals surface area contributed by atoms with Gasteiger partial charge in [-0.2, -0.15) is 0 Å². The molecule has 2 saturated heterocycles. The van der Waals surface area contributed by atoms with Crippen molar-refractivity contribution in [3.63, 3.8) is 0 Å². The quantitative estimate of drug-likeness (QED) is 0.839. The first-order valence-corrected chi connectivity index (χ1v) is 7.07. The van der Waals surface area contributed by atoms with Crippen LogP contribution in [0.1, 0.15) is 12.1 Å². The minimum atomic E-state index is 0.570. The first kappa shape index (κ1) is 11.8. The lowest BCUT2D eigenvalue weighted by molar-refractivity contribution is 0.227. The molecule has 4 rings (SSSR count). The van der Waals surface area contributed by atoms with Crippen molar-refractivity contribution in [2.45, 2.75) is 25.0 Å². The third kappa shape index (κ3) is 2.04. The van der Waals surface area contributed by atoms with Crippen molar-refractivity contribution in [1.29, 1.82) is 0 Å². The summed E-state index contributed by atoms with van der Waals surface area (Å²) in [5.41, 5.74) is 1.16. The Morgan fingerprint density at radius 2 is 2.05 bits per heavy atom. The van der Waals surface area contributed by atoms with Gasteiger partial charge in [-0.15, -0.1) is 0 Å². The zero-order valence-corrected chi connectivity index (χ0v) is 11.3. The summed E-state index contributed by atoms with van der Waals surface area (Å²) in [7, 11) is 0. The van der Waals surface area contributed by atoms with Gasteiger partial charge >= 0.3 is 0 Å². The minimum absolute atomic E-state index is 0.570. The summed E-state index contributed by atoms with van der Waals surface area (Å²) in [6.07, 6.45) is 8.46. The summed E-state index contributed by atoms with van der Waals surface area (Å²) >= 11 is 0. The van der Waals surface area contributed by atoms with E-state index in [9.17, 15) is 0 Å². The Labute approximate surface area is 118 Å². The lowest BCUT2D eigenvalue weighted by Gasteiger charge is -2.34. The van der Waals surface area contributed by atoms with Crippen molar-refractivity contribution in [3.05, 3.63) is 48.7 Å². The van der Waals surface area contributed by atoms with Crippen LogP contribution in [0.5, 0.6) is 0 Å². The second kappa shape index (κ2) is 4.83. The number of hydrogen-bond acceptors (Lipinski definition) is 5. The molecule has 0 aliphatic carbocycles. The van der Waals surface area contributed by atoms with E-state index in [2.05, 4.69) is 36.9 Å². The van der Waals surface area contributed by atoms with Crippen molar-refractivity contribution < 1.29 is 0 Å². The molecule has 2 aromatic rings. The number of aromatic nitrogens is 3. The van der Waals surface area contributed by atoms with Crippen molar-refractivity contribution >= 4 is 5.82 Å². The topological polar surface area (TPSA) is 45.2 Å². The molecule has 2 atom stereocenters. The molecular formula is C15H17N5. The molecule has 0 N–H and O–H groups in total. The van der Waals surface area contributed by atoms with E-state index >= 15 is 0 Å². The Morgan fingerprint density at radius 3 is 2.75 bits per heavy atom. The molecule has 0 spiro atoms. The maximum atomic E-state index is 4.43. The van der Waals surface area contributed by atoms with E-state index in [1.54, 1.807) is 12.4 Å². The molecule has 2 aliphatic heterocycles. The molecule has 4 heterocycles. The molecule has 2 bridgehead atoms. The summed E-state index contributed by atoms with van der Waals surface area (Å²) in [5.74, 6) is 1.01. The molecule has 2 aliphatic rings. The second-order valence-corrected chi connectivity index (χ2v) is 5.51. The summed E-state index contributed by atoms with van der Waals surface area (Å²) < 4.78 is 0. The van der Waals surface area contributed by atoms with Gasteiger partial charge in [-0.25, -0.2) is 4.98 Å². The maximum Gasteiger partial charge on any atom is 0.147 e. The summed E-state index contributed by atoms with van der Waals surface area (Å²) in [5, 5.41) is 0. The molecule has 0 aromatic carbocycles. The van der Waals surface area contributed by atoms with Crippen LogP contribution in [-0.2, 0) is 6.54 Å². The van der Waals surface area contributed by atoms with Gasteiger partial charge in [-0.1, -0.05) is 6.07 Å².